The zero-order valence-corrected chi connectivity index (χ0v) is 23.9. The summed E-state index contributed by atoms with van der Waals surface area (Å²) in [5, 5.41) is 11.1. The molecule has 0 bridgehead atoms. The van der Waals surface area contributed by atoms with Gasteiger partial charge in [-0.1, -0.05) is 6.92 Å². The molecule has 15 heteroatoms. The predicted octanol–water partition coefficient (Wildman–Crippen LogP) is 4.00. The molecule has 0 aliphatic carbocycles. The van der Waals surface area contributed by atoms with Gasteiger partial charge in [0.05, 0.1) is 29.1 Å². The summed E-state index contributed by atoms with van der Waals surface area (Å²) in [7, 11) is -1.11. The zero-order valence-electron chi connectivity index (χ0n) is 22.3. The van der Waals surface area contributed by atoms with E-state index in [1.54, 1.807) is 22.6 Å². The van der Waals surface area contributed by atoms with Crippen LogP contribution >= 0.6 is 11.3 Å². The van der Waals surface area contributed by atoms with E-state index in [1.807, 2.05) is 17.6 Å². The Labute approximate surface area is 234 Å². The van der Waals surface area contributed by atoms with E-state index >= 15 is 0 Å². The molecule has 1 saturated heterocycles. The van der Waals surface area contributed by atoms with Crippen LogP contribution in [0.1, 0.15) is 53.5 Å². The Balaban J connectivity index is 0.000000559. The average molecular weight is 604 g/mol. The highest BCUT2D eigenvalue weighted by Gasteiger charge is 2.38. The highest BCUT2D eigenvalue weighted by Crippen LogP contribution is 2.37. The smallest absolute Gasteiger partial charge is 0.475 e. The molecule has 0 atom stereocenters. The number of sulfonamides is 1. The highest BCUT2D eigenvalue weighted by atomic mass is 32.2. The summed E-state index contributed by atoms with van der Waals surface area (Å²) >= 11 is 1.61. The Morgan fingerprint density at radius 3 is 2.40 bits per heavy atom. The number of carboxylic acid groups (broad SMARTS) is 1. The quantitative estimate of drug-likeness (QED) is 0.352. The topological polar surface area (TPSA) is 150 Å². The molecule has 0 saturated carbocycles. The number of aromatic amines is 1. The molecule has 3 heterocycles. The molecule has 4 rings (SSSR count). The van der Waals surface area contributed by atoms with Gasteiger partial charge in [0.2, 0.25) is 10.0 Å². The number of fused-ring (bicyclic) bond motifs is 1. The lowest BCUT2D eigenvalue weighted by molar-refractivity contribution is -0.192. The van der Waals surface area contributed by atoms with Crippen molar-refractivity contribution in [1.82, 2.24) is 19.2 Å². The van der Waals surface area contributed by atoms with Crippen molar-refractivity contribution in [2.45, 2.75) is 45.3 Å². The van der Waals surface area contributed by atoms with Crippen LogP contribution in [0.4, 0.5) is 13.2 Å². The Bertz CT molecular complexity index is 1460. The van der Waals surface area contributed by atoms with Gasteiger partial charge in [0.25, 0.3) is 5.91 Å². The molecule has 1 amide bonds. The van der Waals surface area contributed by atoms with E-state index in [4.69, 9.17) is 20.6 Å². The van der Waals surface area contributed by atoms with Crippen LogP contribution in [0.25, 0.3) is 22.2 Å². The minimum atomic E-state index is -5.08. The lowest BCUT2D eigenvalue weighted by Crippen LogP contribution is -2.38. The van der Waals surface area contributed by atoms with E-state index in [0.29, 0.717) is 18.7 Å². The van der Waals surface area contributed by atoms with Gasteiger partial charge in [-0.2, -0.15) is 13.2 Å². The Morgan fingerprint density at radius 1 is 1.25 bits per heavy atom. The van der Waals surface area contributed by atoms with Gasteiger partial charge in [-0.3, -0.25) is 9.69 Å². The van der Waals surface area contributed by atoms with Crippen molar-refractivity contribution < 1.29 is 36.3 Å². The Morgan fingerprint density at radius 2 is 1.88 bits per heavy atom. The minimum absolute atomic E-state index is 0.125. The van der Waals surface area contributed by atoms with Crippen LogP contribution < -0.4 is 5.73 Å². The number of nitrogens with zero attached hydrogens (tertiary/aromatic N) is 3. The third-order valence-electron chi connectivity index (χ3n) is 6.77. The van der Waals surface area contributed by atoms with Gasteiger partial charge < -0.3 is 15.8 Å². The van der Waals surface area contributed by atoms with Gasteiger partial charge >= 0.3 is 12.1 Å². The monoisotopic (exact) mass is 603 g/mol. The van der Waals surface area contributed by atoms with Gasteiger partial charge in [0, 0.05) is 35.6 Å². The normalized spacial score (nSPS) is 15.3. The van der Waals surface area contributed by atoms with Crippen molar-refractivity contribution in [3.8, 4) is 11.3 Å². The fraction of sp³-hybridized carbons (Fsp3) is 0.480. The minimum Gasteiger partial charge on any atom is -0.475 e. The highest BCUT2D eigenvalue weighted by molar-refractivity contribution is 7.89. The number of aromatic nitrogens is 2. The first kappa shape index (κ1) is 31.5. The van der Waals surface area contributed by atoms with Crippen molar-refractivity contribution in [2.24, 2.45) is 5.73 Å². The van der Waals surface area contributed by atoms with E-state index in [9.17, 15) is 26.4 Å². The number of amides is 1. The summed E-state index contributed by atoms with van der Waals surface area (Å²) in [5.74, 6) is -2.91. The largest absolute Gasteiger partial charge is 0.490 e. The second-order valence-corrected chi connectivity index (χ2v) is 12.6. The van der Waals surface area contributed by atoms with Crippen LogP contribution in [0.2, 0.25) is 0 Å². The van der Waals surface area contributed by atoms with E-state index in [0.717, 1.165) is 58.7 Å². The van der Waals surface area contributed by atoms with Crippen LogP contribution in [0, 0.1) is 0 Å². The van der Waals surface area contributed by atoms with E-state index in [-0.39, 0.29) is 11.7 Å². The first-order chi connectivity index (χ1) is 18.7. The number of hydrogen-bond donors (Lipinski definition) is 3. The van der Waals surface area contributed by atoms with Crippen molar-refractivity contribution >= 4 is 44.1 Å². The summed E-state index contributed by atoms with van der Waals surface area (Å²) in [6, 6.07) is 3.88. The number of benzene rings is 1. The molecule has 4 N–H and O–H groups in total. The maximum absolute atomic E-state index is 12.3. The number of piperidine rings is 1. The summed E-state index contributed by atoms with van der Waals surface area (Å²) < 4.78 is 57.8. The van der Waals surface area contributed by atoms with Crippen LogP contribution in [0.5, 0.6) is 0 Å². The molecule has 40 heavy (non-hydrogen) atoms. The molecule has 1 aliphatic heterocycles. The molecule has 0 radical (unpaired) electrons. The van der Waals surface area contributed by atoms with Crippen molar-refractivity contribution in [3.63, 3.8) is 0 Å². The lowest BCUT2D eigenvalue weighted by atomic mass is 9.89. The third kappa shape index (κ3) is 7.38. The molecule has 1 aromatic carbocycles. The Kier molecular flexibility index (Phi) is 9.98. The van der Waals surface area contributed by atoms with E-state index in [1.165, 1.54) is 0 Å². The molecule has 0 unspecified atom stereocenters. The van der Waals surface area contributed by atoms with Crippen molar-refractivity contribution in [2.75, 3.05) is 32.4 Å². The second kappa shape index (κ2) is 12.7. The number of carboxylic acids is 1. The molecular weight excluding hydrogens is 571 g/mol. The average Bonchev–Trinajstić information content (AvgIpc) is 3.55. The van der Waals surface area contributed by atoms with Crippen LogP contribution in [-0.2, 0) is 21.4 Å². The van der Waals surface area contributed by atoms with Crippen LogP contribution in [-0.4, -0.2) is 83.2 Å². The van der Waals surface area contributed by atoms with Gasteiger partial charge in [-0.05, 0) is 57.0 Å². The van der Waals surface area contributed by atoms with Crippen LogP contribution in [0.3, 0.4) is 0 Å². The number of carbonyl (C=O) groups excluding carboxylic acids is 1. The molecule has 2 aromatic heterocycles. The fourth-order valence-corrected chi connectivity index (χ4v) is 6.43. The number of alkyl halides is 3. The number of halogens is 3. The third-order valence-corrected chi connectivity index (χ3v) is 9.49. The molecular formula is C25H32F3N5O5S2. The number of rotatable bonds is 8. The van der Waals surface area contributed by atoms with Gasteiger partial charge in [-0.25, -0.2) is 22.5 Å². The maximum atomic E-state index is 12.3. The Hall–Kier alpha value is -3.01. The van der Waals surface area contributed by atoms with Gasteiger partial charge in [0.15, 0.2) is 0 Å². The molecule has 220 valence electrons. The number of carbonyl (C=O) groups is 2. The standard InChI is InChI=1S/C23H31N5O3S2.C2HF3O2/c1-4-27(3)13-21-26-20(14-32-21)16-10-17-19(12-25-22(17)18(11-16)23(24)29)15-6-8-28(9-7-15)33(30,31)5-2;3-2(4,5)1(6)7/h10-12,14-15,25H,4-9,13H2,1-3H3,(H2,24,29);(H,6,7). The first-order valence-electron chi connectivity index (χ1n) is 12.5. The number of aliphatic carboxylic acids is 1. The number of nitrogens with one attached hydrogen (secondary N) is 1. The van der Waals surface area contributed by atoms with Crippen LogP contribution in [0.15, 0.2) is 23.7 Å². The van der Waals surface area contributed by atoms with E-state index < -0.39 is 28.1 Å². The number of H-pyrrole nitrogens is 1. The zero-order chi connectivity index (χ0) is 29.8. The van der Waals surface area contributed by atoms with Gasteiger partial charge in [-0.15, -0.1) is 11.3 Å². The van der Waals surface area contributed by atoms with E-state index in [2.05, 4.69) is 29.9 Å². The predicted molar refractivity (Wildman–Crippen MR) is 147 cm³/mol. The van der Waals surface area contributed by atoms with Gasteiger partial charge in [0.1, 0.15) is 5.01 Å². The molecule has 0 spiro atoms. The fourth-order valence-electron chi connectivity index (χ4n) is 4.42. The number of primary amides is 1. The summed E-state index contributed by atoms with van der Waals surface area (Å²) in [4.78, 5) is 31.4. The second-order valence-electron chi connectivity index (χ2n) is 9.39. The molecule has 1 aliphatic rings. The number of hydrogen-bond acceptors (Lipinski definition) is 7. The summed E-state index contributed by atoms with van der Waals surface area (Å²) in [6.07, 6.45) is -1.66. The molecule has 3 aromatic rings. The summed E-state index contributed by atoms with van der Waals surface area (Å²) in [6.45, 7) is 6.53. The van der Waals surface area contributed by atoms with Crippen molar-refractivity contribution in [1.29, 1.82) is 0 Å². The lowest BCUT2D eigenvalue weighted by Gasteiger charge is -2.31. The molecule has 1 fully saturated rings. The summed E-state index contributed by atoms with van der Waals surface area (Å²) in [5.41, 5.74) is 9.70. The molecule has 10 nitrogen and oxygen atoms in total. The maximum Gasteiger partial charge on any atom is 0.490 e. The van der Waals surface area contributed by atoms with Crippen molar-refractivity contribution in [3.05, 3.63) is 39.8 Å². The first-order valence-corrected chi connectivity index (χ1v) is 15.0. The number of thiazole rings is 1. The SMILES string of the molecule is CCN(C)Cc1nc(-c2cc(C(N)=O)c3[nH]cc(C4CCN(S(=O)(=O)CC)CC4)c3c2)cs1.O=C(O)C(F)(F)F. The number of nitrogens with two attached hydrogens (primary N) is 1.